The predicted molar refractivity (Wildman–Crippen MR) is 109 cm³/mol. The topological polar surface area (TPSA) is 75.5 Å². The molecule has 162 valence electrons. The number of ether oxygens (including phenoxy) is 3. The van der Waals surface area contributed by atoms with Crippen LogP contribution in [0.25, 0.3) is 16.7 Å². The maximum atomic E-state index is 11.6. The zero-order valence-corrected chi connectivity index (χ0v) is 19.4. The van der Waals surface area contributed by atoms with Crippen LogP contribution in [0.5, 0.6) is 5.75 Å². The summed E-state index contributed by atoms with van der Waals surface area (Å²) in [6.07, 6.45) is -0.289. The van der Waals surface area contributed by atoms with Gasteiger partial charge >= 0.3 is 5.97 Å². The summed E-state index contributed by atoms with van der Waals surface area (Å²) in [5.74, 6) is 0.0216. The van der Waals surface area contributed by atoms with Crippen LogP contribution in [0.2, 0.25) is 0 Å². The van der Waals surface area contributed by atoms with Crippen molar-refractivity contribution < 1.29 is 40.5 Å². The first-order valence-corrected chi connectivity index (χ1v) is 9.33. The van der Waals surface area contributed by atoms with Crippen LogP contribution in [0.15, 0.2) is 42.5 Å². The fraction of sp³-hybridized carbons (Fsp3) is 0.381. The molecule has 0 aliphatic heterocycles. The summed E-state index contributed by atoms with van der Waals surface area (Å²) in [6.45, 7) is 2.77. The number of carbonyl (C=O) groups excluding carboxylic acids is 1. The molecule has 0 unspecified atom stereocenters. The average Bonchev–Trinajstić information content (AvgIpc) is 3.10. The number of benzene rings is 2. The smallest absolute Gasteiger partial charge is 0.308 e. The van der Waals surface area contributed by atoms with E-state index in [2.05, 4.69) is 24.3 Å². The van der Waals surface area contributed by atoms with Crippen molar-refractivity contribution in [1.82, 2.24) is 15.0 Å². The molecule has 0 N–H and O–H groups in total. The first-order valence-electron chi connectivity index (χ1n) is 9.33. The van der Waals surface area contributed by atoms with E-state index in [1.54, 1.807) is 20.3 Å². The van der Waals surface area contributed by atoms with E-state index in [4.69, 9.17) is 14.2 Å². The Balaban J connectivity index is 0.00000320. The van der Waals surface area contributed by atoms with Crippen molar-refractivity contribution in [2.45, 2.75) is 19.8 Å². The van der Waals surface area contributed by atoms with Crippen molar-refractivity contribution in [3.63, 3.8) is 0 Å². The molecule has 30 heavy (non-hydrogen) atoms. The zero-order valence-electron chi connectivity index (χ0n) is 17.8. The second kappa shape index (κ2) is 10.1. The second-order valence-electron chi connectivity index (χ2n) is 7.55. The van der Waals surface area contributed by atoms with Crippen LogP contribution in [-0.4, -0.2) is 66.6 Å². The minimum absolute atomic E-state index is 0. The van der Waals surface area contributed by atoms with Gasteiger partial charge in [0.25, 0.3) is 0 Å². The molecule has 0 spiro atoms. The molecule has 0 aliphatic rings. The monoisotopic (exact) mass is 478 g/mol. The lowest BCUT2D eigenvalue weighted by Gasteiger charge is -2.32. The van der Waals surface area contributed by atoms with Crippen LogP contribution < -0.4 is 21.7 Å². The molecule has 0 atom stereocenters. The van der Waals surface area contributed by atoms with Gasteiger partial charge in [0.1, 0.15) is 29.8 Å². The number of nitrogens with zero attached hydrogens (tertiary/aromatic N) is 4. The van der Waals surface area contributed by atoms with Crippen molar-refractivity contribution in [3.8, 4) is 11.4 Å². The molecule has 0 saturated heterocycles. The van der Waals surface area contributed by atoms with Gasteiger partial charge in [-0.15, -0.1) is 15.0 Å². The Hall–Kier alpha value is -2.33. The fourth-order valence-corrected chi connectivity index (χ4v) is 3.23. The first kappa shape index (κ1) is 23.9. The number of aromatic nitrogens is 3. The van der Waals surface area contributed by atoms with E-state index < -0.39 is 5.97 Å². The SMILES string of the molecule is COC(C[N+](C)(C)Cc1ccc(OC(C)=O)c(-n2nc3ccccc3n2)c1)OC.[Br-]. The van der Waals surface area contributed by atoms with Gasteiger partial charge in [-0.05, 0) is 30.3 Å². The number of likely N-dealkylation sites (N-methyl/N-ethyl adjacent to an activating group) is 1. The standard InChI is InChI=1S/C21H27N4O4.BrH/c1-15(26)29-20-11-10-16(13-25(2,3)14-21(27-4)28-5)12-19(20)24-22-17-8-6-7-9-18(17)23-24;/h6-12,21H,13-14H2,1-5H3;1H/q+1;/p-1. The maximum absolute atomic E-state index is 11.6. The molecule has 1 heterocycles. The highest BCUT2D eigenvalue weighted by Crippen LogP contribution is 2.26. The third kappa shape index (κ3) is 5.85. The van der Waals surface area contributed by atoms with E-state index >= 15 is 0 Å². The average molecular weight is 479 g/mol. The van der Waals surface area contributed by atoms with Crippen LogP contribution in [-0.2, 0) is 20.8 Å². The number of methoxy groups -OCH3 is 2. The van der Waals surface area contributed by atoms with E-state index in [0.717, 1.165) is 23.1 Å². The summed E-state index contributed by atoms with van der Waals surface area (Å²) in [7, 11) is 7.47. The quantitative estimate of drug-likeness (QED) is 0.189. The number of esters is 1. The van der Waals surface area contributed by atoms with Gasteiger partial charge in [0.15, 0.2) is 5.75 Å². The summed E-state index contributed by atoms with van der Waals surface area (Å²) in [6, 6.07) is 13.3. The molecule has 0 radical (unpaired) electrons. The summed E-state index contributed by atoms with van der Waals surface area (Å²) < 4.78 is 16.7. The number of hydrogen-bond acceptors (Lipinski definition) is 6. The van der Waals surface area contributed by atoms with Crippen LogP contribution in [0.1, 0.15) is 12.5 Å². The minimum Gasteiger partial charge on any atom is -1.00 e. The Kier molecular flexibility index (Phi) is 8.08. The molecule has 3 rings (SSSR count). The summed E-state index contributed by atoms with van der Waals surface area (Å²) in [5, 5.41) is 9.07. The van der Waals surface area contributed by atoms with Gasteiger partial charge in [-0.1, -0.05) is 12.1 Å². The Labute approximate surface area is 186 Å². The second-order valence-corrected chi connectivity index (χ2v) is 7.55. The molecule has 1 aromatic heterocycles. The molecule has 3 aromatic rings. The largest absolute Gasteiger partial charge is 1.00 e. The third-order valence-electron chi connectivity index (χ3n) is 4.56. The van der Waals surface area contributed by atoms with Gasteiger partial charge in [-0.3, -0.25) is 4.79 Å². The first-order chi connectivity index (χ1) is 13.8. The number of quaternary nitrogens is 1. The van der Waals surface area contributed by atoms with Gasteiger partial charge in [0.2, 0.25) is 6.29 Å². The van der Waals surface area contributed by atoms with Crippen molar-refractivity contribution in [1.29, 1.82) is 0 Å². The molecular weight excluding hydrogens is 452 g/mol. The third-order valence-corrected chi connectivity index (χ3v) is 4.56. The van der Waals surface area contributed by atoms with Gasteiger partial charge in [0.05, 0.1) is 14.1 Å². The Morgan fingerprint density at radius 2 is 1.67 bits per heavy atom. The molecule has 0 saturated carbocycles. The number of carbonyl (C=O) groups is 1. The fourth-order valence-electron chi connectivity index (χ4n) is 3.23. The van der Waals surface area contributed by atoms with Gasteiger partial charge < -0.3 is 35.7 Å². The zero-order chi connectivity index (χ0) is 21.0. The lowest BCUT2D eigenvalue weighted by molar-refractivity contribution is -0.909. The summed E-state index contributed by atoms with van der Waals surface area (Å²) in [4.78, 5) is 13.1. The van der Waals surface area contributed by atoms with Crippen molar-refractivity contribution in [2.24, 2.45) is 0 Å². The summed E-state index contributed by atoms with van der Waals surface area (Å²) in [5.41, 5.74) is 3.20. The van der Waals surface area contributed by atoms with Crippen LogP contribution in [0.4, 0.5) is 0 Å². The highest BCUT2D eigenvalue weighted by molar-refractivity contribution is 5.74. The number of fused-ring (bicyclic) bond motifs is 1. The van der Waals surface area contributed by atoms with E-state index in [0.29, 0.717) is 22.5 Å². The highest BCUT2D eigenvalue weighted by atomic mass is 79.9. The molecule has 0 fully saturated rings. The summed E-state index contributed by atoms with van der Waals surface area (Å²) >= 11 is 0. The predicted octanol–water partition coefficient (Wildman–Crippen LogP) is -0.455. The van der Waals surface area contributed by atoms with E-state index in [-0.39, 0.29) is 23.3 Å². The molecule has 0 bridgehead atoms. The number of rotatable bonds is 8. The Morgan fingerprint density at radius 1 is 1.07 bits per heavy atom. The molecular formula is C21H27BrN4O4. The van der Waals surface area contributed by atoms with E-state index in [9.17, 15) is 4.79 Å². The van der Waals surface area contributed by atoms with Crippen LogP contribution >= 0.6 is 0 Å². The molecule has 9 heteroatoms. The highest BCUT2D eigenvalue weighted by Gasteiger charge is 2.23. The lowest BCUT2D eigenvalue weighted by atomic mass is 10.1. The number of hydrogen-bond donors (Lipinski definition) is 0. The van der Waals surface area contributed by atoms with E-state index in [1.807, 2.05) is 36.4 Å². The number of halogens is 1. The normalized spacial score (nSPS) is 11.5. The van der Waals surface area contributed by atoms with E-state index in [1.165, 1.54) is 11.7 Å². The van der Waals surface area contributed by atoms with Crippen molar-refractivity contribution >= 4 is 17.0 Å². The lowest BCUT2D eigenvalue weighted by Crippen LogP contribution is -3.00. The van der Waals surface area contributed by atoms with Gasteiger partial charge in [-0.25, -0.2) is 0 Å². The van der Waals surface area contributed by atoms with Gasteiger partial charge in [0, 0.05) is 26.7 Å². The molecule has 8 nitrogen and oxygen atoms in total. The van der Waals surface area contributed by atoms with Crippen molar-refractivity contribution in [3.05, 3.63) is 48.0 Å². The minimum atomic E-state index is -0.394. The van der Waals surface area contributed by atoms with Crippen LogP contribution in [0, 0.1) is 0 Å². The maximum Gasteiger partial charge on any atom is 0.308 e. The molecule has 0 aliphatic carbocycles. The Morgan fingerprint density at radius 3 is 2.20 bits per heavy atom. The van der Waals surface area contributed by atoms with Gasteiger partial charge in [-0.2, -0.15) is 0 Å². The molecule has 0 amide bonds. The Bertz CT molecular complexity index is 969. The van der Waals surface area contributed by atoms with Crippen LogP contribution in [0.3, 0.4) is 0 Å². The molecule has 2 aromatic carbocycles. The van der Waals surface area contributed by atoms with Crippen molar-refractivity contribution in [2.75, 3.05) is 34.9 Å².